The lowest BCUT2D eigenvalue weighted by Crippen LogP contribution is -1.96. The molecule has 0 bridgehead atoms. The van der Waals surface area contributed by atoms with Crippen molar-refractivity contribution in [2.45, 2.75) is 0 Å². The van der Waals surface area contributed by atoms with E-state index < -0.39 is 17.7 Å². The zero-order valence-corrected chi connectivity index (χ0v) is 11.0. The summed E-state index contributed by atoms with van der Waals surface area (Å²) in [6, 6.07) is 7.31. The molecule has 0 aliphatic rings. The molecule has 5 nitrogen and oxygen atoms in total. The molecule has 2 N–H and O–H groups in total. The average Bonchev–Trinajstić information content (AvgIpc) is 2.85. The van der Waals surface area contributed by atoms with Crippen molar-refractivity contribution in [3.8, 4) is 16.9 Å². The van der Waals surface area contributed by atoms with Crippen molar-refractivity contribution in [1.29, 1.82) is 0 Å². The second-order valence-corrected chi connectivity index (χ2v) is 4.61. The maximum Gasteiger partial charge on any atom is 0.339 e. The van der Waals surface area contributed by atoms with Gasteiger partial charge in [0.25, 0.3) is 6.01 Å². The predicted molar refractivity (Wildman–Crippen MR) is 76.5 cm³/mol. The molecule has 0 saturated heterocycles. The summed E-state index contributed by atoms with van der Waals surface area (Å²) in [5, 5.41) is 19.1. The van der Waals surface area contributed by atoms with Crippen LogP contribution in [0.2, 0.25) is 0 Å². The molecule has 108 valence electrons. The van der Waals surface area contributed by atoms with Crippen LogP contribution < -0.4 is 0 Å². The molecule has 0 atom stereocenters. The summed E-state index contributed by atoms with van der Waals surface area (Å²) >= 11 is 0. The van der Waals surface area contributed by atoms with Crippen LogP contribution in [0.1, 0.15) is 10.4 Å². The number of rotatable bonds is 2. The molecule has 0 fully saturated rings. The first-order valence-electron chi connectivity index (χ1n) is 6.17. The van der Waals surface area contributed by atoms with Gasteiger partial charge >= 0.3 is 5.97 Å². The summed E-state index contributed by atoms with van der Waals surface area (Å²) in [6.45, 7) is 7.09. The molecule has 3 aromatic rings. The van der Waals surface area contributed by atoms with Crippen molar-refractivity contribution in [3.63, 3.8) is 0 Å². The molecular weight excluding hydrogens is 289 g/mol. The van der Waals surface area contributed by atoms with Gasteiger partial charge in [-0.1, -0.05) is 6.07 Å². The van der Waals surface area contributed by atoms with Crippen LogP contribution in [-0.2, 0) is 0 Å². The van der Waals surface area contributed by atoms with Gasteiger partial charge in [-0.2, -0.15) is 4.39 Å². The fourth-order valence-corrected chi connectivity index (χ4v) is 2.26. The number of hydrogen-bond donors (Lipinski definition) is 2. The molecule has 0 radical (unpaired) electrons. The third kappa shape index (κ3) is 2.15. The Hall–Kier alpha value is -3.33. The quantitative estimate of drug-likeness (QED) is 0.695. The van der Waals surface area contributed by atoms with Gasteiger partial charge in [0.1, 0.15) is 16.9 Å². The molecule has 0 saturated carbocycles. The minimum atomic E-state index is -1.26. The number of phenols is 1. The summed E-state index contributed by atoms with van der Waals surface area (Å²) < 4.78 is 18.3. The Morgan fingerprint density at radius 3 is 2.64 bits per heavy atom. The van der Waals surface area contributed by atoms with E-state index in [0.717, 1.165) is 0 Å². The highest BCUT2D eigenvalue weighted by molar-refractivity contribution is 5.97. The molecule has 0 unspecified atom stereocenters. The van der Waals surface area contributed by atoms with Gasteiger partial charge in [-0.15, -0.1) is 0 Å². The summed E-state index contributed by atoms with van der Waals surface area (Å²) in [4.78, 5) is 14.2. The Morgan fingerprint density at radius 1 is 1.23 bits per heavy atom. The smallest absolute Gasteiger partial charge is 0.339 e. The fraction of sp³-hybridized carbons (Fsp3) is 0. The molecule has 0 spiro atoms. The lowest BCUT2D eigenvalue weighted by molar-refractivity contribution is 0.0694. The van der Waals surface area contributed by atoms with Crippen molar-refractivity contribution in [3.05, 3.63) is 59.4 Å². The molecule has 1 aromatic heterocycles. The average molecular weight is 297 g/mol. The number of halogens is 1. The number of aromatic hydroxyl groups is 1. The molecule has 22 heavy (non-hydrogen) atoms. The fourth-order valence-electron chi connectivity index (χ4n) is 2.26. The number of fused-ring (bicyclic) bond motifs is 1. The van der Waals surface area contributed by atoms with Gasteiger partial charge in [-0.05, 0) is 29.8 Å². The van der Waals surface area contributed by atoms with Crippen LogP contribution in [0.5, 0.6) is 5.75 Å². The van der Waals surface area contributed by atoms with Gasteiger partial charge in [-0.3, -0.25) is 0 Å². The topological polar surface area (TPSA) is 75.0 Å². The second kappa shape index (κ2) is 4.90. The third-order valence-corrected chi connectivity index (χ3v) is 3.24. The number of carboxylic acid groups (broad SMARTS) is 1. The molecule has 0 aliphatic carbocycles. The van der Waals surface area contributed by atoms with E-state index >= 15 is 0 Å². The van der Waals surface area contributed by atoms with Crippen molar-refractivity contribution in [2.75, 3.05) is 0 Å². The van der Waals surface area contributed by atoms with Gasteiger partial charge in [0, 0.05) is 17.0 Å². The van der Waals surface area contributed by atoms with Crippen LogP contribution in [0, 0.1) is 12.6 Å². The number of aromatic carboxylic acids is 1. The predicted octanol–water partition coefficient (Wildman–Crippen LogP) is 4.19. The molecule has 0 aliphatic heterocycles. The third-order valence-electron chi connectivity index (χ3n) is 3.24. The van der Waals surface area contributed by atoms with Crippen molar-refractivity contribution in [1.82, 2.24) is 0 Å². The highest BCUT2D eigenvalue weighted by atomic mass is 19.1. The Labute approximate surface area is 123 Å². The Bertz CT molecular complexity index is 953. The first kappa shape index (κ1) is 13.6. The van der Waals surface area contributed by atoms with Crippen LogP contribution in [0.3, 0.4) is 0 Å². The monoisotopic (exact) mass is 297 g/mol. The van der Waals surface area contributed by atoms with Gasteiger partial charge < -0.3 is 14.6 Å². The first-order valence-corrected chi connectivity index (χ1v) is 6.17. The van der Waals surface area contributed by atoms with E-state index in [9.17, 15) is 14.3 Å². The minimum Gasteiger partial charge on any atom is -0.507 e. The molecule has 0 amide bonds. The van der Waals surface area contributed by atoms with Gasteiger partial charge in [-0.25, -0.2) is 9.64 Å². The van der Waals surface area contributed by atoms with Crippen LogP contribution in [0.15, 0.2) is 40.8 Å². The molecular formula is C16H8FNO4. The first-order chi connectivity index (χ1) is 10.5. The van der Waals surface area contributed by atoms with E-state index in [1.807, 2.05) is 0 Å². The van der Waals surface area contributed by atoms with Crippen molar-refractivity contribution >= 4 is 22.6 Å². The summed E-state index contributed by atoms with van der Waals surface area (Å²) in [5.41, 5.74) is 1.09. The van der Waals surface area contributed by atoms with E-state index in [4.69, 9.17) is 16.1 Å². The number of furan rings is 1. The number of nitrogens with zero attached hydrogens (tertiary/aromatic N) is 1. The molecule has 3 rings (SSSR count). The van der Waals surface area contributed by atoms with Crippen LogP contribution in [0.25, 0.3) is 26.9 Å². The normalized spacial score (nSPS) is 10.5. The maximum atomic E-state index is 13.3. The van der Waals surface area contributed by atoms with E-state index in [0.29, 0.717) is 16.5 Å². The van der Waals surface area contributed by atoms with Crippen molar-refractivity contribution in [2.24, 2.45) is 0 Å². The van der Waals surface area contributed by atoms with Crippen LogP contribution in [0.4, 0.5) is 10.1 Å². The number of carboxylic acids is 1. The van der Waals surface area contributed by atoms with E-state index in [2.05, 4.69) is 4.85 Å². The molecule has 6 heteroatoms. The molecule has 2 aromatic carbocycles. The highest BCUT2D eigenvalue weighted by Gasteiger charge is 2.15. The highest BCUT2D eigenvalue weighted by Crippen LogP contribution is 2.36. The number of hydrogen-bond acceptors (Lipinski definition) is 3. The zero-order chi connectivity index (χ0) is 15.9. The SMILES string of the molecule is [C-]#[N+]c1cc(-c2ccc(C(=O)O)c(O)c2)c2oc(F)cc2c1. The Kier molecular flexibility index (Phi) is 3.04. The number of carbonyl (C=O) groups is 1. The van der Waals surface area contributed by atoms with Crippen molar-refractivity contribution < 1.29 is 23.8 Å². The second-order valence-electron chi connectivity index (χ2n) is 4.61. The maximum absolute atomic E-state index is 13.3. The number of benzene rings is 2. The molecule has 1 heterocycles. The zero-order valence-electron chi connectivity index (χ0n) is 11.0. The van der Waals surface area contributed by atoms with E-state index in [1.54, 1.807) is 0 Å². The van der Waals surface area contributed by atoms with Gasteiger partial charge in [0.15, 0.2) is 5.69 Å². The van der Waals surface area contributed by atoms with Gasteiger partial charge in [0.05, 0.1) is 6.57 Å². The summed E-state index contributed by atoms with van der Waals surface area (Å²) in [7, 11) is 0. The van der Waals surface area contributed by atoms with E-state index in [1.165, 1.54) is 36.4 Å². The van der Waals surface area contributed by atoms with Crippen LogP contribution >= 0.6 is 0 Å². The lowest BCUT2D eigenvalue weighted by atomic mass is 10.0. The lowest BCUT2D eigenvalue weighted by Gasteiger charge is -2.06. The van der Waals surface area contributed by atoms with E-state index in [-0.39, 0.29) is 16.8 Å². The largest absolute Gasteiger partial charge is 0.507 e. The van der Waals surface area contributed by atoms with Gasteiger partial charge in [0.2, 0.25) is 0 Å². The van der Waals surface area contributed by atoms with Crippen LogP contribution in [-0.4, -0.2) is 16.2 Å². The minimum absolute atomic E-state index is 0.229. The standard InChI is InChI=1S/C16H8FNO4/c1-18-10-4-9-6-14(17)22-15(9)12(7-10)8-2-3-11(16(20)21)13(19)5-8/h2-7,19H,(H,20,21). The summed E-state index contributed by atoms with van der Waals surface area (Å²) in [6.07, 6.45) is 0. The Balaban J connectivity index is 2.27. The summed E-state index contributed by atoms with van der Waals surface area (Å²) in [5.74, 6) is -1.67. The Morgan fingerprint density at radius 2 is 2.00 bits per heavy atom.